The number of para-hydroxylation sites is 5. The van der Waals surface area contributed by atoms with Crippen LogP contribution in [-0.2, 0) is 16.1 Å². The Morgan fingerprint density at radius 2 is 0.647 bits per heavy atom. The number of nitriles is 2. The number of benzene rings is 17. The summed E-state index contributed by atoms with van der Waals surface area (Å²) in [6.45, 7) is -0.181. The predicted molar refractivity (Wildman–Crippen MR) is 513 cm³/mol. The van der Waals surface area contributed by atoms with Crippen LogP contribution in [0.4, 0.5) is 8.78 Å². The largest absolute Gasteiger partial charge is 1.00 e. The molecule has 0 fully saturated rings. The van der Waals surface area contributed by atoms with Crippen molar-refractivity contribution in [2.45, 2.75) is 13.8 Å². The molecule has 7 aromatic heterocycles. The number of rotatable bonds is 11. The van der Waals surface area contributed by atoms with Gasteiger partial charge in [-0.2, -0.15) is 10.5 Å². The van der Waals surface area contributed by atoms with E-state index in [9.17, 15) is 10.5 Å². The zero-order valence-corrected chi connectivity index (χ0v) is 77.0. The molecule has 0 aliphatic heterocycles. The van der Waals surface area contributed by atoms with Crippen molar-refractivity contribution >= 4 is 116 Å². The van der Waals surface area contributed by atoms with Gasteiger partial charge in [-0.05, 0) is 113 Å². The summed E-state index contributed by atoms with van der Waals surface area (Å²) < 4.78 is 54.6. The van der Waals surface area contributed by atoms with E-state index in [1.54, 1.807) is 30.3 Å². The molecule has 0 radical (unpaired) electrons. The fourth-order valence-electron chi connectivity index (χ4n) is 18.3. The molecular formula is C113H70F2K2N10O6. The second-order valence-corrected chi connectivity index (χ2v) is 31.2. The number of hydrogen-bond acceptors (Lipinski definition) is 14. The van der Waals surface area contributed by atoms with Crippen LogP contribution in [0, 0.1) is 34.3 Å². The Morgan fingerprint density at radius 1 is 0.316 bits per heavy atom. The molecule has 1 aliphatic carbocycles. The van der Waals surface area contributed by atoms with Crippen LogP contribution in [0.15, 0.2) is 389 Å². The molecule has 24 aromatic rings. The van der Waals surface area contributed by atoms with Crippen LogP contribution in [0.2, 0.25) is 0 Å². The Labute approximate surface area is 846 Å². The topological polar surface area (TPSA) is 224 Å². The van der Waals surface area contributed by atoms with Crippen molar-refractivity contribution in [1.29, 1.82) is 10.5 Å². The van der Waals surface area contributed by atoms with Crippen LogP contribution in [0.5, 0.6) is 0 Å². The molecule has 0 saturated carbocycles. The van der Waals surface area contributed by atoms with E-state index >= 15 is 8.78 Å². The maximum atomic E-state index is 15.4. The van der Waals surface area contributed by atoms with Gasteiger partial charge in [-0.3, -0.25) is 4.79 Å². The molecule has 624 valence electrons. The molecule has 17 aromatic carbocycles. The first kappa shape index (κ1) is 87.6. The van der Waals surface area contributed by atoms with Gasteiger partial charge >= 0.3 is 103 Å². The number of nitrogens with zero attached hydrogens (tertiary/aromatic N) is 10. The normalized spacial score (nSPS) is 11.2. The van der Waals surface area contributed by atoms with E-state index in [4.69, 9.17) is 38.3 Å². The maximum absolute atomic E-state index is 15.4. The Balaban J connectivity index is 0.000000159. The average Bonchev–Trinajstić information content (AvgIpc) is 1.52. The van der Waals surface area contributed by atoms with Crippen molar-refractivity contribution in [2.24, 2.45) is 0 Å². The van der Waals surface area contributed by atoms with Crippen LogP contribution in [-0.4, -0.2) is 45.5 Å². The summed E-state index contributed by atoms with van der Waals surface area (Å²) in [7, 11) is 0. The van der Waals surface area contributed by atoms with Crippen molar-refractivity contribution in [3.8, 4) is 125 Å². The molecule has 0 amide bonds. The monoisotopic (exact) mass is 1780 g/mol. The predicted octanol–water partition coefficient (Wildman–Crippen LogP) is 21.4. The number of carbonyl (C=O) groups is 1. The minimum atomic E-state index is -1.12. The molecule has 20 heteroatoms. The Kier molecular flexibility index (Phi) is 24.8. The van der Waals surface area contributed by atoms with Crippen LogP contribution in [0.3, 0.4) is 0 Å². The molecule has 0 N–H and O–H groups in total. The zero-order valence-electron chi connectivity index (χ0n) is 71.8. The smallest absolute Gasteiger partial charge is 1.00 e. The van der Waals surface area contributed by atoms with Gasteiger partial charge in [0.25, 0.3) is 6.47 Å². The summed E-state index contributed by atoms with van der Waals surface area (Å²) in [6, 6.07) is 128. The Morgan fingerprint density at radius 3 is 1.08 bits per heavy atom. The quantitative estimate of drug-likeness (QED) is 0.0508. The Bertz CT molecular complexity index is 8620. The van der Waals surface area contributed by atoms with Crippen LogP contribution in [0.1, 0.15) is 31.1 Å². The van der Waals surface area contributed by atoms with E-state index < -0.39 is 11.6 Å². The fourth-order valence-corrected chi connectivity index (χ4v) is 18.3. The van der Waals surface area contributed by atoms with E-state index in [0.29, 0.717) is 56.9 Å². The molecule has 0 unspecified atom stereocenters. The van der Waals surface area contributed by atoms with Crippen molar-refractivity contribution in [3.05, 3.63) is 410 Å². The standard InChI is InChI=1S/C64H36N6O2.C28H16F2N4.C19H12O.CH2O3.CH4.2K.H/c65-37-41-36-46(64-67-62(39-20-6-2-7-21-39)66-63(68-64)40-22-8-3-9-23-40)60(69-47-28-14-10-24-42(47)56-49(69)32-34-53-58(56)44-26-12-16-30-51(44)71-53)61(55(41)38-18-4-1-5-19-38)70-48-29-15-11-25-43(48)57-50(70)33-35-54-59(57)45-27-13-17-31-52(45)72-54;29-24-22(16-21(17-31)23(25(24)30)18-10-4-1-5-11-18)28-33-26(19-12-6-2-7-13-19)32-27(34-28)20-14-8-3-9-15-20;1-2-6-14-12(5-1)11-13-9-10-17-19(18(13)14)15-7-3-4-8-16(15)20-17;2-1-4-3;;;;/h1-36H;1-16H;1-10H,11H2;1,3H;1H4;;;/q;;;;;2*+1;-1/p-1. The zero-order chi connectivity index (χ0) is 87.5. The van der Waals surface area contributed by atoms with Gasteiger partial charge in [0.05, 0.1) is 62.3 Å². The summed E-state index contributed by atoms with van der Waals surface area (Å²) in [4.78, 5) is 40.7. The molecule has 0 bridgehead atoms. The molecule has 25 rings (SSSR count). The van der Waals surface area contributed by atoms with E-state index in [2.05, 4.69) is 193 Å². The molecule has 0 spiro atoms. The number of hydrogen-bond donors (Lipinski definition) is 0. The van der Waals surface area contributed by atoms with Gasteiger partial charge in [-0.1, -0.05) is 311 Å². The summed E-state index contributed by atoms with van der Waals surface area (Å²) in [5.41, 5.74) is 22.1. The molecule has 133 heavy (non-hydrogen) atoms. The van der Waals surface area contributed by atoms with Crippen molar-refractivity contribution in [3.63, 3.8) is 0 Å². The SMILES string of the molecule is C.N#Cc1cc(-c2nc(-c3ccccc3)nc(-c3ccccc3)n2)c(-n2c3ccccc3c3c4c(ccc32)oc2ccccc24)c(-n2c3ccccc3c3c4c(ccc32)oc2ccccc24)c1-c1ccccc1.N#Cc1cc(-c2nc(-c3ccccc3)nc(-c3ccccc3)n2)c(F)c(F)c1-c1ccccc1.O=CO[O-].[H-].[K+].[K+].c1ccc2c(c1)Cc1ccc3oc4ccccc4c3c1-2. The summed E-state index contributed by atoms with van der Waals surface area (Å²) >= 11 is 0. The summed E-state index contributed by atoms with van der Waals surface area (Å²) in [5.74, 6) is -0.231. The van der Waals surface area contributed by atoms with Gasteiger partial charge in [0.2, 0.25) is 0 Å². The fraction of sp³-hybridized carbons (Fsp3) is 0.0177. The molecule has 7 heterocycles. The first-order chi connectivity index (χ1) is 64.2. The molecule has 16 nitrogen and oxygen atoms in total. The van der Waals surface area contributed by atoms with Crippen LogP contribution < -0.4 is 108 Å². The number of halogens is 2. The third kappa shape index (κ3) is 15.7. The first-order valence-corrected chi connectivity index (χ1v) is 42.0. The van der Waals surface area contributed by atoms with Gasteiger partial charge in [-0.25, -0.2) is 38.7 Å². The van der Waals surface area contributed by atoms with Gasteiger partial charge < -0.3 is 34.0 Å². The third-order valence-corrected chi connectivity index (χ3v) is 23.9. The van der Waals surface area contributed by atoms with Crippen LogP contribution in [0.25, 0.3) is 223 Å². The van der Waals surface area contributed by atoms with Gasteiger partial charge in [0.1, 0.15) is 33.5 Å². The molecular weight excluding hydrogens is 1710 g/mol. The van der Waals surface area contributed by atoms with Crippen molar-refractivity contribution < 1.29 is 141 Å². The molecule has 0 saturated heterocycles. The molecule has 0 atom stereocenters. The van der Waals surface area contributed by atoms with Gasteiger partial charge in [0.15, 0.2) is 46.6 Å². The maximum Gasteiger partial charge on any atom is 1.00 e. The van der Waals surface area contributed by atoms with Crippen LogP contribution >= 0.6 is 0 Å². The van der Waals surface area contributed by atoms with Gasteiger partial charge in [-0.15, -0.1) is 0 Å². The minimum Gasteiger partial charge on any atom is -1.00 e. The number of carbonyl (C=O) groups excluding carboxylic acids is 1. The van der Waals surface area contributed by atoms with Crippen molar-refractivity contribution in [2.75, 3.05) is 0 Å². The van der Waals surface area contributed by atoms with E-state index in [1.165, 1.54) is 39.1 Å². The van der Waals surface area contributed by atoms with E-state index in [1.807, 2.05) is 188 Å². The molecule has 1 aliphatic rings. The second-order valence-electron chi connectivity index (χ2n) is 31.2. The summed E-state index contributed by atoms with van der Waals surface area (Å²) in [6.07, 6.45) is 1.03. The van der Waals surface area contributed by atoms with Gasteiger partial charge in [0, 0.05) is 92.8 Å². The summed E-state index contributed by atoms with van der Waals surface area (Å²) in [5, 5.41) is 40.7. The minimum absolute atomic E-state index is 0. The first-order valence-electron chi connectivity index (χ1n) is 42.0. The Hall–Kier alpha value is -14.7. The average molecular weight is 1780 g/mol. The second kappa shape index (κ2) is 37.6. The number of aromatic nitrogens is 8. The van der Waals surface area contributed by atoms with Crippen molar-refractivity contribution in [1.82, 2.24) is 39.0 Å². The van der Waals surface area contributed by atoms with E-state index in [0.717, 1.165) is 139 Å². The number of fused-ring (bicyclic) bond motifs is 21. The third-order valence-electron chi connectivity index (χ3n) is 23.9. The number of furan rings is 3. The van der Waals surface area contributed by atoms with E-state index in [-0.39, 0.29) is 141 Å².